The number of piperidine rings is 1. The minimum atomic E-state index is -0.0676. The Morgan fingerprint density at radius 2 is 1.94 bits per heavy atom. The van der Waals surface area contributed by atoms with Gasteiger partial charge in [-0.15, -0.1) is 0 Å². The Morgan fingerprint density at radius 1 is 1.29 bits per heavy atom. The fraction of sp³-hybridized carbons (Fsp3) is 0.857. The van der Waals surface area contributed by atoms with E-state index >= 15 is 0 Å². The van der Waals surface area contributed by atoms with Crippen molar-refractivity contribution in [1.29, 1.82) is 0 Å². The number of amides is 2. The smallest absolute Gasteiger partial charge is 0.229 e. The molecule has 2 aliphatic rings. The Morgan fingerprint density at radius 3 is 2.53 bits per heavy atom. The summed E-state index contributed by atoms with van der Waals surface area (Å²) in [5.41, 5.74) is -0.0241. The Labute approximate surface area is 103 Å². The van der Waals surface area contributed by atoms with Gasteiger partial charge in [-0.3, -0.25) is 14.9 Å². The first-order chi connectivity index (χ1) is 8.07. The summed E-state index contributed by atoms with van der Waals surface area (Å²) in [6, 6.07) is 0. The second kappa shape index (κ2) is 4.79. The molecule has 1 saturated heterocycles. The summed E-state index contributed by atoms with van der Waals surface area (Å²) in [7, 11) is 0. The van der Waals surface area contributed by atoms with Crippen LogP contribution in [0.2, 0.25) is 0 Å². The first-order valence-corrected chi connectivity index (χ1v) is 6.91. The minimum absolute atomic E-state index is 0.00257. The lowest BCUT2D eigenvalue weighted by Crippen LogP contribution is -2.52. The molecule has 1 spiro atoms. The average molecular weight is 237 g/mol. The minimum Gasteiger partial charge on any atom is -0.296 e. The van der Waals surface area contributed by atoms with Crippen LogP contribution in [0.15, 0.2) is 0 Å². The zero-order chi connectivity index (χ0) is 12.5. The van der Waals surface area contributed by atoms with Crippen LogP contribution in [-0.2, 0) is 9.59 Å². The van der Waals surface area contributed by atoms with Crippen molar-refractivity contribution in [2.75, 3.05) is 0 Å². The van der Waals surface area contributed by atoms with E-state index in [1.165, 1.54) is 25.7 Å². The Bertz CT molecular complexity index is 316. The summed E-state index contributed by atoms with van der Waals surface area (Å²) >= 11 is 0. The van der Waals surface area contributed by atoms with Crippen LogP contribution in [-0.4, -0.2) is 11.8 Å². The first-order valence-electron chi connectivity index (χ1n) is 6.91. The van der Waals surface area contributed by atoms with Crippen molar-refractivity contribution >= 4 is 11.8 Å². The molecule has 2 rings (SSSR count). The van der Waals surface area contributed by atoms with E-state index in [2.05, 4.69) is 12.2 Å². The van der Waals surface area contributed by atoms with E-state index in [4.69, 9.17) is 0 Å². The molecule has 2 fully saturated rings. The van der Waals surface area contributed by atoms with Crippen LogP contribution in [0.3, 0.4) is 0 Å². The van der Waals surface area contributed by atoms with Gasteiger partial charge in [0, 0.05) is 12.3 Å². The van der Waals surface area contributed by atoms with Crippen LogP contribution in [0.5, 0.6) is 0 Å². The molecule has 1 unspecified atom stereocenters. The van der Waals surface area contributed by atoms with Crippen molar-refractivity contribution in [2.45, 2.75) is 58.8 Å². The van der Waals surface area contributed by atoms with Gasteiger partial charge >= 0.3 is 0 Å². The molecule has 3 nitrogen and oxygen atoms in total. The quantitative estimate of drug-likeness (QED) is 0.750. The van der Waals surface area contributed by atoms with Crippen molar-refractivity contribution in [3.63, 3.8) is 0 Å². The summed E-state index contributed by atoms with van der Waals surface area (Å²) < 4.78 is 0. The van der Waals surface area contributed by atoms with Crippen LogP contribution in [0.1, 0.15) is 58.8 Å². The zero-order valence-corrected chi connectivity index (χ0v) is 10.9. The maximum absolute atomic E-state index is 11.8. The van der Waals surface area contributed by atoms with Gasteiger partial charge < -0.3 is 0 Å². The van der Waals surface area contributed by atoms with Gasteiger partial charge in [-0.25, -0.2) is 0 Å². The average Bonchev–Trinajstić information content (AvgIpc) is 2.29. The van der Waals surface area contributed by atoms with E-state index in [1.54, 1.807) is 0 Å². The van der Waals surface area contributed by atoms with Gasteiger partial charge in [-0.1, -0.05) is 26.7 Å². The summed E-state index contributed by atoms with van der Waals surface area (Å²) in [6.45, 7) is 4.21. The highest BCUT2D eigenvalue weighted by Crippen LogP contribution is 2.49. The van der Waals surface area contributed by atoms with Crippen molar-refractivity contribution in [2.24, 2.45) is 17.3 Å². The van der Waals surface area contributed by atoms with E-state index in [9.17, 15) is 9.59 Å². The standard InChI is InChI=1S/C14H23NO2/c1-3-4-11-5-7-14(8-6-11)9-12(16)15-13(17)10(14)2/h10-11H,3-9H2,1-2H3,(H,15,16,17). The topological polar surface area (TPSA) is 46.2 Å². The zero-order valence-electron chi connectivity index (χ0n) is 10.9. The lowest BCUT2D eigenvalue weighted by Gasteiger charge is -2.45. The molecule has 0 bridgehead atoms. The largest absolute Gasteiger partial charge is 0.296 e. The number of rotatable bonds is 2. The van der Waals surface area contributed by atoms with E-state index in [1.807, 2.05) is 6.92 Å². The van der Waals surface area contributed by atoms with Gasteiger partial charge in [0.15, 0.2) is 0 Å². The summed E-state index contributed by atoms with van der Waals surface area (Å²) in [6.07, 6.45) is 7.59. The number of carbonyl (C=O) groups excluding carboxylic acids is 2. The van der Waals surface area contributed by atoms with Gasteiger partial charge in [0.25, 0.3) is 0 Å². The lowest BCUT2D eigenvalue weighted by atomic mass is 9.60. The SMILES string of the molecule is CCCC1CCC2(CC1)CC(=O)NC(=O)C2C. The lowest BCUT2D eigenvalue weighted by molar-refractivity contribution is -0.145. The maximum Gasteiger partial charge on any atom is 0.229 e. The molecule has 1 saturated carbocycles. The molecule has 1 heterocycles. The van der Waals surface area contributed by atoms with Crippen LogP contribution >= 0.6 is 0 Å². The van der Waals surface area contributed by atoms with Crippen LogP contribution < -0.4 is 5.32 Å². The Hall–Kier alpha value is -0.860. The molecule has 0 aromatic rings. The number of carbonyl (C=O) groups is 2. The monoisotopic (exact) mass is 237 g/mol. The van der Waals surface area contributed by atoms with E-state index in [-0.39, 0.29) is 23.1 Å². The number of nitrogens with one attached hydrogen (secondary N) is 1. The van der Waals surface area contributed by atoms with Crippen LogP contribution in [0.25, 0.3) is 0 Å². The highest BCUT2D eigenvalue weighted by molar-refractivity contribution is 5.99. The van der Waals surface area contributed by atoms with Crippen LogP contribution in [0.4, 0.5) is 0 Å². The second-order valence-corrected chi connectivity index (χ2v) is 5.91. The van der Waals surface area contributed by atoms with Gasteiger partial charge in [-0.05, 0) is 37.0 Å². The first kappa shape index (κ1) is 12.6. The normalized spacial score (nSPS) is 38.2. The predicted octanol–water partition coefficient (Wildman–Crippen LogP) is 2.65. The highest BCUT2D eigenvalue weighted by atomic mass is 16.2. The number of imide groups is 1. The van der Waals surface area contributed by atoms with Crippen molar-refractivity contribution in [3.8, 4) is 0 Å². The summed E-state index contributed by atoms with van der Waals surface area (Å²) in [4.78, 5) is 23.3. The highest BCUT2D eigenvalue weighted by Gasteiger charge is 2.47. The van der Waals surface area contributed by atoms with Crippen molar-refractivity contribution < 1.29 is 9.59 Å². The summed E-state index contributed by atoms with van der Waals surface area (Å²) in [5.74, 6) is 0.693. The molecular formula is C14H23NO2. The van der Waals surface area contributed by atoms with Gasteiger partial charge in [-0.2, -0.15) is 0 Å². The fourth-order valence-electron chi connectivity index (χ4n) is 3.60. The van der Waals surface area contributed by atoms with E-state index in [0.29, 0.717) is 6.42 Å². The molecule has 0 aromatic carbocycles. The molecule has 2 amide bonds. The summed E-state index contributed by atoms with van der Waals surface area (Å²) in [5, 5.41) is 2.46. The fourth-order valence-corrected chi connectivity index (χ4v) is 3.60. The molecule has 0 aromatic heterocycles. The second-order valence-electron chi connectivity index (χ2n) is 5.91. The molecule has 96 valence electrons. The van der Waals surface area contributed by atoms with Gasteiger partial charge in [0.05, 0.1) is 0 Å². The molecule has 1 aliphatic heterocycles. The molecule has 1 N–H and O–H groups in total. The number of hydrogen-bond acceptors (Lipinski definition) is 2. The molecule has 0 radical (unpaired) electrons. The van der Waals surface area contributed by atoms with Crippen molar-refractivity contribution in [1.82, 2.24) is 5.32 Å². The van der Waals surface area contributed by atoms with Crippen molar-refractivity contribution in [3.05, 3.63) is 0 Å². The Kier molecular flexibility index (Phi) is 3.55. The molecule has 3 heteroatoms. The molecule has 17 heavy (non-hydrogen) atoms. The third-order valence-electron chi connectivity index (χ3n) is 4.88. The Balaban J connectivity index is 2.04. The maximum atomic E-state index is 11.8. The van der Waals surface area contributed by atoms with E-state index < -0.39 is 0 Å². The third-order valence-corrected chi connectivity index (χ3v) is 4.88. The molecule has 1 atom stereocenters. The number of hydrogen-bond donors (Lipinski definition) is 1. The third kappa shape index (κ3) is 2.38. The van der Waals surface area contributed by atoms with Gasteiger partial charge in [0.2, 0.25) is 11.8 Å². The van der Waals surface area contributed by atoms with E-state index in [0.717, 1.165) is 18.8 Å². The molecular weight excluding hydrogens is 214 g/mol. The van der Waals surface area contributed by atoms with Crippen LogP contribution in [0, 0.1) is 17.3 Å². The predicted molar refractivity (Wildman–Crippen MR) is 66.2 cm³/mol. The molecule has 1 aliphatic carbocycles. The van der Waals surface area contributed by atoms with Gasteiger partial charge in [0.1, 0.15) is 0 Å².